The van der Waals surface area contributed by atoms with E-state index >= 15 is 0 Å². The molecule has 3 rings (SSSR count). The maximum absolute atomic E-state index is 12.2. The normalized spacial score (nSPS) is 15.1. The van der Waals surface area contributed by atoms with E-state index in [1.54, 1.807) is 11.9 Å². The van der Waals surface area contributed by atoms with Crippen molar-refractivity contribution in [1.82, 2.24) is 24.8 Å². The summed E-state index contributed by atoms with van der Waals surface area (Å²) in [6.07, 6.45) is 2.61. The number of nitrogens with one attached hydrogen (secondary N) is 1. The first-order valence-electron chi connectivity index (χ1n) is 9.74. The predicted octanol–water partition coefficient (Wildman–Crippen LogP) is 0.378. The van der Waals surface area contributed by atoms with Crippen molar-refractivity contribution in [2.45, 2.75) is 26.2 Å². The fourth-order valence-electron chi connectivity index (χ4n) is 3.08. The number of anilines is 1. The summed E-state index contributed by atoms with van der Waals surface area (Å²) in [5.74, 6) is -0.0595. The van der Waals surface area contributed by atoms with Crippen LogP contribution >= 0.6 is 11.3 Å². The van der Waals surface area contributed by atoms with Gasteiger partial charge in [-0.3, -0.25) is 14.5 Å². The molecule has 1 aliphatic rings. The SMILES string of the molecule is CCCc1cc(=O)n2nc(N(C)CC(=O)NCCCN3CCOCC3)sc2n1. The van der Waals surface area contributed by atoms with Crippen LogP contribution in [0.15, 0.2) is 10.9 Å². The van der Waals surface area contributed by atoms with Gasteiger partial charge in [0.25, 0.3) is 5.56 Å². The molecule has 1 saturated heterocycles. The summed E-state index contributed by atoms with van der Waals surface area (Å²) in [6.45, 7) is 7.35. The van der Waals surface area contributed by atoms with Crippen LogP contribution in [-0.4, -0.2) is 78.4 Å². The van der Waals surface area contributed by atoms with E-state index in [9.17, 15) is 9.59 Å². The zero-order chi connectivity index (χ0) is 19.9. The van der Waals surface area contributed by atoms with Crippen LogP contribution in [0.5, 0.6) is 0 Å². The molecule has 9 nitrogen and oxygen atoms in total. The van der Waals surface area contributed by atoms with E-state index in [2.05, 4.69) is 27.2 Å². The van der Waals surface area contributed by atoms with E-state index in [1.807, 2.05) is 0 Å². The summed E-state index contributed by atoms with van der Waals surface area (Å²) >= 11 is 1.32. The van der Waals surface area contributed by atoms with Crippen LogP contribution in [0.2, 0.25) is 0 Å². The van der Waals surface area contributed by atoms with E-state index in [0.717, 1.165) is 57.8 Å². The topological polar surface area (TPSA) is 92.1 Å². The quantitative estimate of drug-likeness (QED) is 0.600. The van der Waals surface area contributed by atoms with Gasteiger partial charge in [-0.2, -0.15) is 4.52 Å². The number of aryl methyl sites for hydroxylation is 1. The lowest BCUT2D eigenvalue weighted by molar-refractivity contribution is -0.119. The summed E-state index contributed by atoms with van der Waals surface area (Å²) in [5.41, 5.74) is 0.597. The molecule has 1 fully saturated rings. The van der Waals surface area contributed by atoms with Crippen molar-refractivity contribution in [1.29, 1.82) is 0 Å². The Morgan fingerprint density at radius 1 is 1.39 bits per heavy atom. The third kappa shape index (κ3) is 5.49. The van der Waals surface area contributed by atoms with Gasteiger partial charge in [0, 0.05) is 38.4 Å². The van der Waals surface area contributed by atoms with E-state index in [0.29, 0.717) is 16.6 Å². The molecule has 0 aromatic carbocycles. The Morgan fingerprint density at radius 3 is 2.93 bits per heavy atom. The van der Waals surface area contributed by atoms with E-state index in [4.69, 9.17) is 4.74 Å². The third-order valence-electron chi connectivity index (χ3n) is 4.58. The molecule has 2 aromatic rings. The number of aromatic nitrogens is 3. The Hall–Kier alpha value is -2.04. The fraction of sp³-hybridized carbons (Fsp3) is 0.667. The molecule has 0 unspecified atom stereocenters. The van der Waals surface area contributed by atoms with Gasteiger partial charge >= 0.3 is 0 Å². The average molecular weight is 409 g/mol. The first-order valence-corrected chi connectivity index (χ1v) is 10.6. The number of carbonyl (C=O) groups excluding carboxylic acids is 1. The number of ether oxygens (including phenoxy) is 1. The highest BCUT2D eigenvalue weighted by Crippen LogP contribution is 2.20. The molecule has 0 spiro atoms. The molecule has 3 heterocycles. The number of hydrogen-bond acceptors (Lipinski definition) is 8. The van der Waals surface area contributed by atoms with Gasteiger partial charge < -0.3 is 15.0 Å². The van der Waals surface area contributed by atoms with Gasteiger partial charge in [-0.05, 0) is 19.4 Å². The van der Waals surface area contributed by atoms with Gasteiger partial charge in [0.1, 0.15) is 0 Å². The Kier molecular flexibility index (Phi) is 7.35. The first kappa shape index (κ1) is 20.7. The van der Waals surface area contributed by atoms with Crippen LogP contribution in [0, 0.1) is 0 Å². The number of likely N-dealkylation sites (N-methyl/N-ethyl adjacent to an activating group) is 1. The van der Waals surface area contributed by atoms with Gasteiger partial charge in [-0.25, -0.2) is 4.98 Å². The van der Waals surface area contributed by atoms with Crippen molar-refractivity contribution in [2.75, 3.05) is 57.9 Å². The summed E-state index contributed by atoms with van der Waals surface area (Å²) < 4.78 is 6.63. The molecule has 1 amide bonds. The molecule has 0 atom stereocenters. The van der Waals surface area contributed by atoms with E-state index < -0.39 is 0 Å². The molecule has 2 aromatic heterocycles. The third-order valence-corrected chi connectivity index (χ3v) is 5.60. The highest BCUT2D eigenvalue weighted by Gasteiger charge is 2.15. The number of morpholine rings is 1. The summed E-state index contributed by atoms with van der Waals surface area (Å²) in [4.78, 5) is 33.5. The van der Waals surface area contributed by atoms with Gasteiger partial charge in [-0.15, -0.1) is 5.10 Å². The predicted molar refractivity (Wildman–Crippen MR) is 109 cm³/mol. The summed E-state index contributed by atoms with van der Waals surface area (Å²) in [7, 11) is 1.79. The molecule has 0 aliphatic carbocycles. The zero-order valence-corrected chi connectivity index (χ0v) is 17.3. The van der Waals surface area contributed by atoms with Crippen molar-refractivity contribution in [3.63, 3.8) is 0 Å². The van der Waals surface area contributed by atoms with Gasteiger partial charge in [0.05, 0.1) is 19.8 Å². The van der Waals surface area contributed by atoms with Gasteiger partial charge in [-0.1, -0.05) is 24.7 Å². The molecule has 28 heavy (non-hydrogen) atoms. The Morgan fingerprint density at radius 2 is 2.18 bits per heavy atom. The highest BCUT2D eigenvalue weighted by molar-refractivity contribution is 7.20. The monoisotopic (exact) mass is 408 g/mol. The van der Waals surface area contributed by atoms with Gasteiger partial charge in [0.15, 0.2) is 0 Å². The average Bonchev–Trinajstić information content (AvgIpc) is 3.11. The molecular weight excluding hydrogens is 380 g/mol. The molecule has 1 N–H and O–H groups in total. The minimum Gasteiger partial charge on any atom is -0.379 e. The minimum absolute atomic E-state index is 0.0595. The van der Waals surface area contributed by atoms with Crippen molar-refractivity contribution < 1.29 is 9.53 Å². The molecule has 0 saturated carbocycles. The standard InChI is InChI=1S/C18H28N6O3S/c1-3-5-14-12-16(26)24-17(20-14)28-18(21-24)22(2)13-15(25)19-6-4-7-23-8-10-27-11-9-23/h12H,3-11,13H2,1-2H3,(H,19,25). The molecule has 0 radical (unpaired) electrons. The van der Waals surface area contributed by atoms with E-state index in [-0.39, 0.29) is 18.0 Å². The summed E-state index contributed by atoms with van der Waals surface area (Å²) in [5, 5.41) is 7.86. The van der Waals surface area contributed by atoms with Crippen LogP contribution < -0.4 is 15.8 Å². The van der Waals surface area contributed by atoms with Crippen molar-refractivity contribution in [3.05, 3.63) is 22.1 Å². The van der Waals surface area contributed by atoms with Gasteiger partial charge in [0.2, 0.25) is 16.0 Å². The Bertz CT molecular complexity index is 845. The molecule has 0 bridgehead atoms. The van der Waals surface area contributed by atoms with Crippen LogP contribution in [0.3, 0.4) is 0 Å². The van der Waals surface area contributed by atoms with Crippen LogP contribution in [0.4, 0.5) is 5.13 Å². The second-order valence-electron chi connectivity index (χ2n) is 6.93. The lowest BCUT2D eigenvalue weighted by atomic mass is 10.2. The molecule has 1 aliphatic heterocycles. The number of hydrogen-bond donors (Lipinski definition) is 1. The first-order chi connectivity index (χ1) is 13.6. The van der Waals surface area contributed by atoms with Crippen LogP contribution in [-0.2, 0) is 16.0 Å². The number of carbonyl (C=O) groups is 1. The Balaban J connectivity index is 1.49. The second-order valence-corrected chi connectivity index (χ2v) is 7.86. The molecule has 154 valence electrons. The largest absolute Gasteiger partial charge is 0.379 e. The number of nitrogens with zero attached hydrogens (tertiary/aromatic N) is 5. The maximum Gasteiger partial charge on any atom is 0.275 e. The van der Waals surface area contributed by atoms with Crippen molar-refractivity contribution >= 4 is 27.3 Å². The molecular formula is C18H28N6O3S. The summed E-state index contributed by atoms with van der Waals surface area (Å²) in [6, 6.07) is 1.53. The highest BCUT2D eigenvalue weighted by atomic mass is 32.1. The minimum atomic E-state index is -0.183. The second kappa shape index (κ2) is 9.94. The van der Waals surface area contributed by atoms with E-state index in [1.165, 1.54) is 21.9 Å². The van der Waals surface area contributed by atoms with Crippen molar-refractivity contribution in [3.8, 4) is 0 Å². The Labute approximate surface area is 168 Å². The fourth-order valence-corrected chi connectivity index (χ4v) is 3.97. The van der Waals surface area contributed by atoms with Crippen molar-refractivity contribution in [2.24, 2.45) is 0 Å². The van der Waals surface area contributed by atoms with Crippen LogP contribution in [0.1, 0.15) is 25.5 Å². The lowest BCUT2D eigenvalue weighted by Gasteiger charge is -2.26. The maximum atomic E-state index is 12.2. The zero-order valence-electron chi connectivity index (χ0n) is 16.5. The van der Waals surface area contributed by atoms with Crippen LogP contribution in [0.25, 0.3) is 4.96 Å². The number of rotatable bonds is 9. The number of amides is 1. The number of fused-ring (bicyclic) bond motifs is 1. The lowest BCUT2D eigenvalue weighted by Crippen LogP contribution is -2.39. The smallest absolute Gasteiger partial charge is 0.275 e. The molecule has 10 heteroatoms.